The van der Waals surface area contributed by atoms with Crippen LogP contribution in [-0.4, -0.2) is 15.0 Å². The zero-order valence-electron chi connectivity index (χ0n) is 6.54. The van der Waals surface area contributed by atoms with Gasteiger partial charge in [0.2, 0.25) is 5.06 Å². The largest absolute Gasteiger partial charge is 0.442 e. The zero-order valence-corrected chi connectivity index (χ0v) is 7.36. The maximum atomic E-state index is 5.43. The minimum absolute atomic E-state index is 0.479. The average Bonchev–Trinajstić information content (AvgIpc) is 2.53. The molecule has 0 unspecified atom stereocenters. The standard InChI is InChI=1S/C7H6N4OS/c8-7-11-3-6(13-7)12-5-1-9-4-10-2-5/h1-4H,(H2,8,11). The van der Waals surface area contributed by atoms with Crippen molar-refractivity contribution >= 4 is 16.5 Å². The number of nitrogens with zero attached hydrogens (tertiary/aromatic N) is 3. The van der Waals surface area contributed by atoms with Crippen LogP contribution < -0.4 is 10.5 Å². The molecule has 2 heterocycles. The molecule has 5 nitrogen and oxygen atoms in total. The fraction of sp³-hybridized carbons (Fsp3) is 0. The maximum Gasteiger partial charge on any atom is 0.202 e. The van der Waals surface area contributed by atoms with Crippen molar-refractivity contribution in [2.45, 2.75) is 0 Å². The Balaban J connectivity index is 2.15. The van der Waals surface area contributed by atoms with Gasteiger partial charge in [0.25, 0.3) is 0 Å². The van der Waals surface area contributed by atoms with Gasteiger partial charge in [-0.1, -0.05) is 11.3 Å². The SMILES string of the molecule is Nc1ncc(Oc2cncnc2)s1. The summed E-state index contributed by atoms with van der Waals surface area (Å²) in [5.74, 6) is 0.575. The molecule has 6 heteroatoms. The highest BCUT2D eigenvalue weighted by Crippen LogP contribution is 2.27. The normalized spacial score (nSPS) is 9.85. The van der Waals surface area contributed by atoms with Gasteiger partial charge in [0.05, 0.1) is 18.6 Å². The molecule has 0 bridgehead atoms. The Morgan fingerprint density at radius 1 is 1.23 bits per heavy atom. The number of aromatic nitrogens is 3. The van der Waals surface area contributed by atoms with Crippen LogP contribution >= 0.6 is 11.3 Å². The number of nitrogen functional groups attached to an aromatic ring is 1. The van der Waals surface area contributed by atoms with Crippen LogP contribution in [0.5, 0.6) is 10.8 Å². The first-order valence-corrected chi connectivity index (χ1v) is 4.30. The first-order chi connectivity index (χ1) is 6.34. The topological polar surface area (TPSA) is 73.9 Å². The summed E-state index contributed by atoms with van der Waals surface area (Å²) in [5, 5.41) is 1.11. The van der Waals surface area contributed by atoms with Crippen LogP contribution in [0.4, 0.5) is 5.13 Å². The molecule has 0 aromatic carbocycles. The third-order valence-corrected chi connectivity index (χ3v) is 1.96. The Kier molecular flexibility index (Phi) is 2.05. The molecule has 0 fully saturated rings. The third kappa shape index (κ3) is 1.91. The molecule has 0 amide bonds. The molecular weight excluding hydrogens is 188 g/mol. The highest BCUT2D eigenvalue weighted by atomic mass is 32.1. The average molecular weight is 194 g/mol. The van der Waals surface area contributed by atoms with E-state index in [1.165, 1.54) is 17.7 Å². The molecule has 13 heavy (non-hydrogen) atoms. The molecule has 0 aliphatic carbocycles. The van der Waals surface area contributed by atoms with Crippen LogP contribution in [-0.2, 0) is 0 Å². The number of thiazole rings is 1. The molecule has 0 spiro atoms. The molecule has 0 saturated heterocycles. The van der Waals surface area contributed by atoms with Crippen molar-refractivity contribution in [1.82, 2.24) is 15.0 Å². The van der Waals surface area contributed by atoms with E-state index in [0.717, 1.165) is 0 Å². The lowest BCUT2D eigenvalue weighted by molar-refractivity contribution is 0.489. The van der Waals surface area contributed by atoms with E-state index in [1.807, 2.05) is 0 Å². The van der Waals surface area contributed by atoms with E-state index in [0.29, 0.717) is 15.9 Å². The van der Waals surface area contributed by atoms with E-state index in [4.69, 9.17) is 10.5 Å². The third-order valence-electron chi connectivity index (χ3n) is 1.26. The lowest BCUT2D eigenvalue weighted by Gasteiger charge is -1.98. The van der Waals surface area contributed by atoms with Gasteiger partial charge < -0.3 is 10.5 Å². The zero-order chi connectivity index (χ0) is 9.10. The van der Waals surface area contributed by atoms with Crippen LogP contribution in [0.1, 0.15) is 0 Å². The predicted octanol–water partition coefficient (Wildman–Crippen LogP) is 1.31. The van der Waals surface area contributed by atoms with Gasteiger partial charge >= 0.3 is 0 Å². The van der Waals surface area contributed by atoms with Gasteiger partial charge in [-0.15, -0.1) is 0 Å². The molecule has 0 atom stereocenters. The fourth-order valence-corrected chi connectivity index (χ4v) is 1.33. The van der Waals surface area contributed by atoms with Crippen molar-refractivity contribution in [1.29, 1.82) is 0 Å². The molecule has 2 aromatic rings. The van der Waals surface area contributed by atoms with Gasteiger partial charge in [0.15, 0.2) is 10.9 Å². The van der Waals surface area contributed by atoms with Crippen molar-refractivity contribution in [2.24, 2.45) is 0 Å². The Bertz CT molecular complexity index is 388. The Morgan fingerprint density at radius 3 is 2.62 bits per heavy atom. The number of hydrogen-bond donors (Lipinski definition) is 1. The molecule has 0 aliphatic heterocycles. The van der Waals surface area contributed by atoms with Gasteiger partial charge in [-0.2, -0.15) is 0 Å². The second kappa shape index (κ2) is 3.36. The summed E-state index contributed by atoms with van der Waals surface area (Å²) >= 11 is 1.27. The van der Waals surface area contributed by atoms with E-state index in [-0.39, 0.29) is 0 Å². The van der Waals surface area contributed by atoms with Crippen LogP contribution in [0.15, 0.2) is 24.9 Å². The van der Waals surface area contributed by atoms with Gasteiger partial charge in [-0.05, 0) is 0 Å². The minimum atomic E-state index is 0.479. The number of hydrogen-bond acceptors (Lipinski definition) is 6. The van der Waals surface area contributed by atoms with Crippen molar-refractivity contribution in [3.8, 4) is 10.8 Å². The smallest absolute Gasteiger partial charge is 0.202 e. The first-order valence-electron chi connectivity index (χ1n) is 3.49. The highest BCUT2D eigenvalue weighted by molar-refractivity contribution is 7.17. The monoisotopic (exact) mass is 194 g/mol. The lowest BCUT2D eigenvalue weighted by atomic mass is 10.6. The number of rotatable bonds is 2. The van der Waals surface area contributed by atoms with E-state index in [2.05, 4.69) is 15.0 Å². The number of anilines is 1. The Labute approximate surface area is 78.2 Å². The summed E-state index contributed by atoms with van der Waals surface area (Å²) in [6.07, 6.45) is 6.15. The Morgan fingerprint density at radius 2 is 2.00 bits per heavy atom. The van der Waals surface area contributed by atoms with Crippen LogP contribution in [0.3, 0.4) is 0 Å². The molecule has 0 radical (unpaired) electrons. The lowest BCUT2D eigenvalue weighted by Crippen LogP contribution is -1.83. The van der Waals surface area contributed by atoms with E-state index >= 15 is 0 Å². The van der Waals surface area contributed by atoms with Gasteiger partial charge in [-0.25, -0.2) is 15.0 Å². The summed E-state index contributed by atoms with van der Waals surface area (Å²) in [6.45, 7) is 0. The van der Waals surface area contributed by atoms with E-state index in [9.17, 15) is 0 Å². The summed E-state index contributed by atoms with van der Waals surface area (Å²) in [5.41, 5.74) is 5.43. The number of ether oxygens (including phenoxy) is 1. The van der Waals surface area contributed by atoms with E-state index < -0.39 is 0 Å². The van der Waals surface area contributed by atoms with Crippen molar-refractivity contribution < 1.29 is 4.74 Å². The van der Waals surface area contributed by atoms with Gasteiger partial charge in [0.1, 0.15) is 6.33 Å². The quantitative estimate of drug-likeness (QED) is 0.780. The molecule has 2 rings (SSSR count). The van der Waals surface area contributed by atoms with Crippen molar-refractivity contribution in [2.75, 3.05) is 5.73 Å². The maximum absolute atomic E-state index is 5.43. The predicted molar refractivity (Wildman–Crippen MR) is 48.6 cm³/mol. The van der Waals surface area contributed by atoms with Crippen LogP contribution in [0, 0.1) is 0 Å². The second-order valence-electron chi connectivity index (χ2n) is 2.19. The molecule has 2 N–H and O–H groups in total. The summed E-state index contributed by atoms with van der Waals surface area (Å²) in [4.78, 5) is 11.5. The highest BCUT2D eigenvalue weighted by Gasteiger charge is 2.00. The minimum Gasteiger partial charge on any atom is -0.442 e. The van der Waals surface area contributed by atoms with Gasteiger partial charge in [0, 0.05) is 0 Å². The van der Waals surface area contributed by atoms with E-state index in [1.54, 1.807) is 18.6 Å². The summed E-state index contributed by atoms with van der Waals surface area (Å²) in [7, 11) is 0. The molecule has 2 aromatic heterocycles. The Hall–Kier alpha value is -1.69. The second-order valence-corrected chi connectivity index (χ2v) is 3.22. The molecular formula is C7H6N4OS. The molecule has 0 aliphatic rings. The number of nitrogens with two attached hydrogens (primary N) is 1. The fourth-order valence-electron chi connectivity index (χ4n) is 0.774. The first kappa shape index (κ1) is 7.93. The van der Waals surface area contributed by atoms with Crippen molar-refractivity contribution in [3.05, 3.63) is 24.9 Å². The molecule has 66 valence electrons. The van der Waals surface area contributed by atoms with Crippen molar-refractivity contribution in [3.63, 3.8) is 0 Å². The van der Waals surface area contributed by atoms with Crippen LogP contribution in [0.2, 0.25) is 0 Å². The van der Waals surface area contributed by atoms with Crippen LogP contribution in [0.25, 0.3) is 0 Å². The summed E-state index contributed by atoms with van der Waals surface area (Å²) < 4.78 is 5.35. The molecule has 0 saturated carbocycles. The van der Waals surface area contributed by atoms with Gasteiger partial charge in [-0.3, -0.25) is 0 Å². The summed E-state index contributed by atoms with van der Waals surface area (Å²) in [6, 6.07) is 0.